The van der Waals surface area contributed by atoms with Crippen LogP contribution < -0.4 is 4.90 Å². The average molecular weight is 341 g/mol. The summed E-state index contributed by atoms with van der Waals surface area (Å²) in [5.41, 5.74) is 1.03. The van der Waals surface area contributed by atoms with Gasteiger partial charge in [-0.2, -0.15) is 0 Å². The largest absolute Gasteiger partial charge is 0.468 e. The monoisotopic (exact) mass is 341 g/mol. The summed E-state index contributed by atoms with van der Waals surface area (Å²) in [5, 5.41) is 0. The van der Waals surface area contributed by atoms with Crippen LogP contribution in [0.15, 0.2) is 60.7 Å². The van der Waals surface area contributed by atoms with Gasteiger partial charge in [0.2, 0.25) is 6.10 Å². The van der Waals surface area contributed by atoms with E-state index in [2.05, 4.69) is 4.74 Å². The van der Waals surface area contributed by atoms with Gasteiger partial charge in [-0.3, -0.25) is 19.3 Å². The number of esters is 2. The summed E-state index contributed by atoms with van der Waals surface area (Å²) in [4.78, 5) is 37.6. The van der Waals surface area contributed by atoms with E-state index in [9.17, 15) is 14.4 Å². The Hall–Kier alpha value is -3.15. The van der Waals surface area contributed by atoms with Gasteiger partial charge in [0.25, 0.3) is 5.91 Å². The van der Waals surface area contributed by atoms with E-state index in [1.165, 1.54) is 18.9 Å². The minimum absolute atomic E-state index is 0.288. The topological polar surface area (TPSA) is 72.9 Å². The molecule has 1 atom stereocenters. The maximum absolute atomic E-state index is 13.1. The second kappa shape index (κ2) is 8.63. The first kappa shape index (κ1) is 18.2. The quantitative estimate of drug-likeness (QED) is 0.755. The van der Waals surface area contributed by atoms with Gasteiger partial charge < -0.3 is 9.47 Å². The van der Waals surface area contributed by atoms with Crippen LogP contribution in [-0.4, -0.2) is 31.5 Å². The number of carbonyl (C=O) groups is 3. The smallest absolute Gasteiger partial charge is 0.325 e. The van der Waals surface area contributed by atoms with E-state index in [0.717, 1.165) is 0 Å². The van der Waals surface area contributed by atoms with Crippen molar-refractivity contribution in [1.29, 1.82) is 0 Å². The van der Waals surface area contributed by atoms with Crippen LogP contribution >= 0.6 is 0 Å². The van der Waals surface area contributed by atoms with Gasteiger partial charge in [-0.1, -0.05) is 48.5 Å². The lowest BCUT2D eigenvalue weighted by molar-refractivity contribution is -0.153. The number of para-hydroxylation sites is 1. The lowest BCUT2D eigenvalue weighted by Crippen LogP contribution is -2.40. The summed E-state index contributed by atoms with van der Waals surface area (Å²) >= 11 is 0. The first-order valence-electron chi connectivity index (χ1n) is 7.68. The highest BCUT2D eigenvalue weighted by Gasteiger charge is 2.31. The van der Waals surface area contributed by atoms with Crippen LogP contribution in [-0.2, 0) is 23.9 Å². The molecule has 0 aliphatic rings. The fourth-order valence-electron chi connectivity index (χ4n) is 2.29. The molecule has 130 valence electrons. The maximum Gasteiger partial charge on any atom is 0.325 e. The van der Waals surface area contributed by atoms with Crippen molar-refractivity contribution in [3.05, 3.63) is 66.2 Å². The van der Waals surface area contributed by atoms with E-state index >= 15 is 0 Å². The SMILES string of the molecule is COC(=O)CN(C(=O)C(OC(C)=O)c1ccccc1)c1ccccc1. The van der Waals surface area contributed by atoms with Crippen molar-refractivity contribution in [2.24, 2.45) is 0 Å². The van der Waals surface area contributed by atoms with Crippen molar-refractivity contribution in [2.75, 3.05) is 18.6 Å². The summed E-state index contributed by atoms with van der Waals surface area (Å²) in [6, 6.07) is 17.3. The van der Waals surface area contributed by atoms with Gasteiger partial charge in [-0.15, -0.1) is 0 Å². The fourth-order valence-corrected chi connectivity index (χ4v) is 2.29. The molecule has 0 spiro atoms. The first-order chi connectivity index (χ1) is 12.0. The molecular weight excluding hydrogens is 322 g/mol. The van der Waals surface area contributed by atoms with Crippen LogP contribution in [0.5, 0.6) is 0 Å². The highest BCUT2D eigenvalue weighted by atomic mass is 16.5. The zero-order valence-electron chi connectivity index (χ0n) is 14.0. The Morgan fingerprint density at radius 1 is 0.960 bits per heavy atom. The molecule has 0 aromatic heterocycles. The second-order valence-corrected chi connectivity index (χ2v) is 5.24. The molecule has 0 N–H and O–H groups in total. The Balaban J connectivity index is 2.40. The molecule has 0 saturated heterocycles. The first-order valence-corrected chi connectivity index (χ1v) is 7.68. The highest BCUT2D eigenvalue weighted by Crippen LogP contribution is 2.24. The van der Waals surface area contributed by atoms with Gasteiger partial charge in [0.15, 0.2) is 0 Å². The summed E-state index contributed by atoms with van der Waals surface area (Å²) in [5.74, 6) is -1.70. The normalized spacial score (nSPS) is 11.3. The molecule has 2 aromatic rings. The van der Waals surface area contributed by atoms with Crippen LogP contribution in [0.2, 0.25) is 0 Å². The molecule has 0 aliphatic carbocycles. The molecule has 2 aromatic carbocycles. The third-order valence-electron chi connectivity index (χ3n) is 3.46. The van der Waals surface area contributed by atoms with Crippen LogP contribution in [0.3, 0.4) is 0 Å². The highest BCUT2D eigenvalue weighted by molar-refractivity contribution is 6.01. The minimum Gasteiger partial charge on any atom is -0.468 e. The molecule has 1 amide bonds. The molecule has 6 heteroatoms. The summed E-state index contributed by atoms with van der Waals surface area (Å²) in [6.45, 7) is 0.945. The number of hydrogen-bond acceptors (Lipinski definition) is 5. The average Bonchev–Trinajstić information content (AvgIpc) is 2.64. The van der Waals surface area contributed by atoms with Gasteiger partial charge in [0, 0.05) is 18.2 Å². The number of benzene rings is 2. The van der Waals surface area contributed by atoms with E-state index in [0.29, 0.717) is 11.3 Å². The van der Waals surface area contributed by atoms with E-state index < -0.39 is 23.9 Å². The lowest BCUT2D eigenvalue weighted by atomic mass is 10.1. The Bertz CT molecular complexity index is 730. The minimum atomic E-state index is -1.15. The van der Waals surface area contributed by atoms with E-state index in [1.807, 2.05) is 0 Å². The van der Waals surface area contributed by atoms with Gasteiger partial charge in [0.05, 0.1) is 7.11 Å². The zero-order chi connectivity index (χ0) is 18.2. The predicted molar refractivity (Wildman–Crippen MR) is 91.8 cm³/mol. The third kappa shape index (κ3) is 4.91. The Morgan fingerprint density at radius 3 is 2.04 bits per heavy atom. The molecule has 25 heavy (non-hydrogen) atoms. The summed E-state index contributed by atoms with van der Waals surface area (Å²) < 4.78 is 9.91. The van der Waals surface area contributed by atoms with Crippen molar-refractivity contribution in [2.45, 2.75) is 13.0 Å². The van der Waals surface area contributed by atoms with Gasteiger partial charge in [-0.25, -0.2) is 0 Å². The molecule has 0 radical (unpaired) electrons. The van der Waals surface area contributed by atoms with E-state index in [1.54, 1.807) is 60.7 Å². The molecule has 0 heterocycles. The number of ether oxygens (including phenoxy) is 2. The molecule has 1 unspecified atom stereocenters. The maximum atomic E-state index is 13.1. The van der Waals surface area contributed by atoms with Crippen LogP contribution in [0.1, 0.15) is 18.6 Å². The fraction of sp³-hybridized carbons (Fsp3) is 0.211. The van der Waals surface area contributed by atoms with Gasteiger partial charge in [0.1, 0.15) is 6.54 Å². The van der Waals surface area contributed by atoms with Crippen LogP contribution in [0.25, 0.3) is 0 Å². The van der Waals surface area contributed by atoms with E-state index in [4.69, 9.17) is 4.74 Å². The number of carbonyl (C=O) groups excluding carboxylic acids is 3. The summed E-state index contributed by atoms with van der Waals surface area (Å²) in [6.07, 6.45) is -1.15. The zero-order valence-corrected chi connectivity index (χ0v) is 14.0. The van der Waals surface area contributed by atoms with Gasteiger partial charge >= 0.3 is 11.9 Å². The third-order valence-corrected chi connectivity index (χ3v) is 3.46. The Kier molecular flexibility index (Phi) is 6.28. The van der Waals surface area contributed by atoms with Crippen molar-refractivity contribution in [1.82, 2.24) is 0 Å². The number of nitrogens with zero attached hydrogens (tertiary/aromatic N) is 1. The number of rotatable bonds is 6. The molecule has 6 nitrogen and oxygen atoms in total. The molecular formula is C19H19NO5. The number of hydrogen-bond donors (Lipinski definition) is 0. The summed E-state index contributed by atoms with van der Waals surface area (Å²) in [7, 11) is 1.25. The van der Waals surface area contributed by atoms with E-state index in [-0.39, 0.29) is 6.54 Å². The molecule has 0 fully saturated rings. The van der Waals surface area contributed by atoms with Crippen LogP contribution in [0.4, 0.5) is 5.69 Å². The second-order valence-electron chi connectivity index (χ2n) is 5.24. The Morgan fingerprint density at radius 2 is 1.52 bits per heavy atom. The van der Waals surface area contributed by atoms with Crippen LogP contribution in [0, 0.1) is 0 Å². The van der Waals surface area contributed by atoms with Gasteiger partial charge in [-0.05, 0) is 12.1 Å². The molecule has 0 bridgehead atoms. The van der Waals surface area contributed by atoms with Crippen molar-refractivity contribution in [3.63, 3.8) is 0 Å². The number of amides is 1. The Labute approximate surface area is 146 Å². The number of anilines is 1. The van der Waals surface area contributed by atoms with Crippen molar-refractivity contribution < 1.29 is 23.9 Å². The standard InChI is InChI=1S/C19H19NO5/c1-14(21)25-18(15-9-5-3-6-10-15)19(23)20(13-17(22)24-2)16-11-7-4-8-12-16/h3-12,18H,13H2,1-2H3. The predicted octanol–water partition coefficient (Wildman–Crippen LogP) is 2.50. The molecule has 0 aliphatic heterocycles. The van der Waals surface area contributed by atoms with Crippen molar-refractivity contribution in [3.8, 4) is 0 Å². The number of methoxy groups -OCH3 is 1. The van der Waals surface area contributed by atoms with Crippen molar-refractivity contribution >= 4 is 23.5 Å². The lowest BCUT2D eigenvalue weighted by Gasteiger charge is -2.26. The molecule has 0 saturated carbocycles. The molecule has 2 rings (SSSR count).